The number of fused-ring (bicyclic) bond motifs is 1. The summed E-state index contributed by atoms with van der Waals surface area (Å²) in [5.74, 6) is 0. The van der Waals surface area contributed by atoms with Crippen LogP contribution in [-0.4, -0.2) is 4.92 Å². The zero-order chi connectivity index (χ0) is 11.7. The highest BCUT2D eigenvalue weighted by Crippen LogP contribution is 2.34. The highest BCUT2D eigenvalue weighted by molar-refractivity contribution is 9.09. The molecule has 0 N–H and O–H groups in total. The van der Waals surface area contributed by atoms with Gasteiger partial charge in [0.1, 0.15) is 0 Å². The highest BCUT2D eigenvalue weighted by atomic mass is 79.9. The van der Waals surface area contributed by atoms with Gasteiger partial charge in [-0.25, -0.2) is 0 Å². The van der Waals surface area contributed by atoms with E-state index in [0.717, 1.165) is 10.9 Å². The van der Waals surface area contributed by atoms with Gasteiger partial charge in [0.25, 0.3) is 5.69 Å². The predicted octanol–water partition coefficient (Wildman–Crippen LogP) is 4.20. The van der Waals surface area contributed by atoms with Gasteiger partial charge in [-0.15, -0.1) is 0 Å². The molecule has 0 fully saturated rings. The summed E-state index contributed by atoms with van der Waals surface area (Å²) in [6.07, 6.45) is 0. The third-order valence-electron chi connectivity index (χ3n) is 2.56. The molecule has 0 aromatic heterocycles. The molecule has 82 valence electrons. The molecule has 0 spiro atoms. The summed E-state index contributed by atoms with van der Waals surface area (Å²) in [6.45, 7) is 2.01. The van der Waals surface area contributed by atoms with Crippen LogP contribution in [0, 0.1) is 10.1 Å². The molecule has 1 atom stereocenters. The van der Waals surface area contributed by atoms with Gasteiger partial charge in [-0.3, -0.25) is 10.1 Å². The maximum atomic E-state index is 10.9. The first kappa shape index (κ1) is 11.1. The molecule has 2 aromatic rings. The van der Waals surface area contributed by atoms with Crippen molar-refractivity contribution in [2.75, 3.05) is 0 Å². The number of alkyl halides is 1. The summed E-state index contributed by atoms with van der Waals surface area (Å²) in [4.78, 5) is 10.7. The normalized spacial score (nSPS) is 12.6. The number of hydrogen-bond donors (Lipinski definition) is 0. The van der Waals surface area contributed by atoms with Crippen molar-refractivity contribution in [3.05, 3.63) is 52.1 Å². The molecule has 0 saturated heterocycles. The van der Waals surface area contributed by atoms with E-state index in [0.29, 0.717) is 5.39 Å². The molecule has 0 amide bonds. The van der Waals surface area contributed by atoms with E-state index in [-0.39, 0.29) is 15.4 Å². The number of nitro groups is 1. The third kappa shape index (κ3) is 1.80. The van der Waals surface area contributed by atoms with Crippen LogP contribution in [0.25, 0.3) is 10.8 Å². The molecule has 4 heteroatoms. The predicted molar refractivity (Wildman–Crippen MR) is 67.9 cm³/mol. The van der Waals surface area contributed by atoms with Crippen molar-refractivity contribution in [1.29, 1.82) is 0 Å². The number of nitro benzene ring substituents is 1. The van der Waals surface area contributed by atoms with Gasteiger partial charge >= 0.3 is 0 Å². The smallest absolute Gasteiger partial charge is 0.258 e. The summed E-state index contributed by atoms with van der Waals surface area (Å²) in [7, 11) is 0. The van der Waals surface area contributed by atoms with Crippen LogP contribution in [0.2, 0.25) is 0 Å². The minimum Gasteiger partial charge on any atom is -0.258 e. The summed E-state index contributed by atoms with van der Waals surface area (Å²) in [6, 6.07) is 10.8. The Morgan fingerprint density at radius 2 is 1.81 bits per heavy atom. The Kier molecular flexibility index (Phi) is 2.92. The molecular weight excluding hydrogens is 270 g/mol. The summed E-state index contributed by atoms with van der Waals surface area (Å²) < 4.78 is 0. The number of halogens is 1. The minimum atomic E-state index is -0.342. The second-order valence-electron chi connectivity index (χ2n) is 3.59. The molecular formula is C12H10BrNO2. The van der Waals surface area contributed by atoms with E-state index < -0.39 is 0 Å². The van der Waals surface area contributed by atoms with E-state index in [1.807, 2.05) is 25.1 Å². The molecule has 16 heavy (non-hydrogen) atoms. The van der Waals surface area contributed by atoms with Gasteiger partial charge < -0.3 is 0 Å². The second kappa shape index (κ2) is 4.22. The van der Waals surface area contributed by atoms with Gasteiger partial charge in [0.05, 0.1) is 10.3 Å². The highest BCUT2D eigenvalue weighted by Gasteiger charge is 2.15. The molecule has 0 bridgehead atoms. The SMILES string of the molecule is CC(Br)c1ccc([N+](=O)[O-])c2ccccc12. The molecule has 0 aliphatic rings. The molecule has 0 saturated carbocycles. The molecule has 2 rings (SSSR count). The lowest BCUT2D eigenvalue weighted by Crippen LogP contribution is -1.93. The Balaban J connectivity index is 2.82. The fourth-order valence-electron chi connectivity index (χ4n) is 1.81. The molecule has 3 nitrogen and oxygen atoms in total. The van der Waals surface area contributed by atoms with Crippen LogP contribution in [-0.2, 0) is 0 Å². The zero-order valence-corrected chi connectivity index (χ0v) is 10.3. The van der Waals surface area contributed by atoms with Gasteiger partial charge in [0, 0.05) is 10.9 Å². The van der Waals surface area contributed by atoms with Gasteiger partial charge in [-0.05, 0) is 23.9 Å². The molecule has 0 aliphatic heterocycles. The molecule has 0 radical (unpaired) electrons. The standard InChI is InChI=1S/C12H10BrNO2/c1-8(13)9-6-7-12(14(15)16)11-5-3-2-4-10(9)11/h2-8H,1H3. The summed E-state index contributed by atoms with van der Waals surface area (Å²) in [5, 5.41) is 12.5. The Hall–Kier alpha value is -1.42. The van der Waals surface area contributed by atoms with Crippen molar-refractivity contribution in [1.82, 2.24) is 0 Å². The first-order valence-electron chi connectivity index (χ1n) is 4.91. The Bertz CT molecular complexity index is 552. The van der Waals surface area contributed by atoms with Gasteiger partial charge in [-0.2, -0.15) is 0 Å². The van der Waals surface area contributed by atoms with Crippen molar-refractivity contribution in [3.63, 3.8) is 0 Å². The lowest BCUT2D eigenvalue weighted by molar-refractivity contribution is -0.383. The first-order chi connectivity index (χ1) is 7.61. The molecule has 2 aromatic carbocycles. The van der Waals surface area contributed by atoms with Crippen LogP contribution in [0.5, 0.6) is 0 Å². The number of non-ortho nitro benzene ring substituents is 1. The van der Waals surface area contributed by atoms with E-state index in [2.05, 4.69) is 15.9 Å². The molecule has 0 aliphatic carbocycles. The minimum absolute atomic E-state index is 0.160. The molecule has 0 heterocycles. The number of hydrogen-bond acceptors (Lipinski definition) is 2. The Morgan fingerprint density at radius 1 is 1.19 bits per heavy atom. The van der Waals surface area contributed by atoms with E-state index >= 15 is 0 Å². The topological polar surface area (TPSA) is 43.1 Å². The average Bonchev–Trinajstić information content (AvgIpc) is 2.27. The number of nitrogens with zero attached hydrogens (tertiary/aromatic N) is 1. The largest absolute Gasteiger partial charge is 0.277 e. The van der Waals surface area contributed by atoms with Crippen molar-refractivity contribution in [2.24, 2.45) is 0 Å². The van der Waals surface area contributed by atoms with E-state index in [9.17, 15) is 10.1 Å². The van der Waals surface area contributed by atoms with Crippen LogP contribution in [0.3, 0.4) is 0 Å². The summed E-state index contributed by atoms with van der Waals surface area (Å²) in [5.41, 5.74) is 1.23. The maximum absolute atomic E-state index is 10.9. The Morgan fingerprint density at radius 3 is 2.38 bits per heavy atom. The molecule has 1 unspecified atom stereocenters. The fraction of sp³-hybridized carbons (Fsp3) is 0.167. The van der Waals surface area contributed by atoms with E-state index in [4.69, 9.17) is 0 Å². The number of benzene rings is 2. The van der Waals surface area contributed by atoms with Crippen molar-refractivity contribution in [3.8, 4) is 0 Å². The average molecular weight is 280 g/mol. The summed E-state index contributed by atoms with van der Waals surface area (Å²) >= 11 is 3.50. The quantitative estimate of drug-likeness (QED) is 0.470. The monoisotopic (exact) mass is 279 g/mol. The van der Waals surface area contributed by atoms with Crippen molar-refractivity contribution < 1.29 is 4.92 Å². The van der Waals surface area contributed by atoms with E-state index in [1.54, 1.807) is 18.2 Å². The Labute approximate surface area is 101 Å². The lowest BCUT2D eigenvalue weighted by atomic mass is 10.0. The lowest BCUT2D eigenvalue weighted by Gasteiger charge is -2.08. The van der Waals surface area contributed by atoms with Crippen molar-refractivity contribution >= 4 is 32.4 Å². The third-order valence-corrected chi connectivity index (χ3v) is 3.05. The van der Waals surface area contributed by atoms with Crippen LogP contribution >= 0.6 is 15.9 Å². The van der Waals surface area contributed by atoms with E-state index in [1.165, 1.54) is 0 Å². The van der Waals surface area contributed by atoms with Crippen molar-refractivity contribution in [2.45, 2.75) is 11.8 Å². The number of rotatable bonds is 2. The first-order valence-corrected chi connectivity index (χ1v) is 5.83. The van der Waals surface area contributed by atoms with Gasteiger partial charge in [0.2, 0.25) is 0 Å². The van der Waals surface area contributed by atoms with Gasteiger partial charge in [0.15, 0.2) is 0 Å². The van der Waals surface area contributed by atoms with Crippen LogP contribution < -0.4 is 0 Å². The van der Waals surface area contributed by atoms with Crippen LogP contribution in [0.15, 0.2) is 36.4 Å². The second-order valence-corrected chi connectivity index (χ2v) is 4.97. The maximum Gasteiger partial charge on any atom is 0.277 e. The van der Waals surface area contributed by atoms with Crippen LogP contribution in [0.1, 0.15) is 17.3 Å². The fourth-order valence-corrected chi connectivity index (χ4v) is 2.21. The van der Waals surface area contributed by atoms with Gasteiger partial charge in [-0.1, -0.05) is 40.2 Å². The van der Waals surface area contributed by atoms with Crippen LogP contribution in [0.4, 0.5) is 5.69 Å². The zero-order valence-electron chi connectivity index (χ0n) is 8.68.